The van der Waals surface area contributed by atoms with Crippen molar-refractivity contribution in [3.8, 4) is 6.07 Å². The van der Waals surface area contributed by atoms with Crippen LogP contribution in [0.5, 0.6) is 0 Å². The first-order valence-corrected chi connectivity index (χ1v) is 9.56. The lowest BCUT2D eigenvalue weighted by Crippen LogP contribution is -2.41. The molecule has 3 fully saturated rings. The van der Waals surface area contributed by atoms with Gasteiger partial charge in [-0.15, -0.1) is 0 Å². The Kier molecular flexibility index (Phi) is 5.14. The van der Waals surface area contributed by atoms with Gasteiger partial charge in [0.05, 0.1) is 31.4 Å². The summed E-state index contributed by atoms with van der Waals surface area (Å²) < 4.78 is 11.0. The van der Waals surface area contributed by atoms with Gasteiger partial charge in [0.1, 0.15) is 18.0 Å². The van der Waals surface area contributed by atoms with E-state index in [1.165, 1.54) is 0 Å². The molecule has 3 aliphatic heterocycles. The molecule has 1 amide bonds. The third-order valence-electron chi connectivity index (χ3n) is 5.54. The zero-order valence-corrected chi connectivity index (χ0v) is 15.6. The maximum absolute atomic E-state index is 12.3. The van der Waals surface area contributed by atoms with Crippen molar-refractivity contribution in [3.63, 3.8) is 0 Å². The van der Waals surface area contributed by atoms with Gasteiger partial charge in [-0.1, -0.05) is 0 Å². The standard InChI is InChI=1S/C19H25N5O3/c1-14-3-4-15(11-20)18(21-14)23-12-16-17(13-23)27-19(25)24(16)6-2-5-22-7-9-26-10-8-22/h3-4,16-17H,2,5-10,12-13H2,1H3/t16-,17+/m0/s1. The van der Waals surface area contributed by atoms with Gasteiger partial charge in [-0.2, -0.15) is 5.26 Å². The number of aryl methyl sites for hydroxylation is 1. The molecule has 0 radical (unpaired) electrons. The van der Waals surface area contributed by atoms with E-state index in [1.54, 1.807) is 6.07 Å². The monoisotopic (exact) mass is 371 g/mol. The summed E-state index contributed by atoms with van der Waals surface area (Å²) in [5, 5.41) is 9.38. The lowest BCUT2D eigenvalue weighted by atomic mass is 10.2. The molecule has 8 nitrogen and oxygen atoms in total. The lowest BCUT2D eigenvalue weighted by Gasteiger charge is -2.28. The van der Waals surface area contributed by atoms with Gasteiger partial charge in [-0.05, 0) is 25.5 Å². The molecule has 0 bridgehead atoms. The number of nitriles is 1. The molecule has 0 aromatic carbocycles. The number of rotatable bonds is 5. The second-order valence-electron chi connectivity index (χ2n) is 7.33. The van der Waals surface area contributed by atoms with Gasteiger partial charge in [-0.3, -0.25) is 9.80 Å². The smallest absolute Gasteiger partial charge is 0.410 e. The topological polar surface area (TPSA) is 81.9 Å². The van der Waals surface area contributed by atoms with Crippen LogP contribution in [0, 0.1) is 18.3 Å². The van der Waals surface area contributed by atoms with Crippen LogP contribution in [-0.4, -0.2) is 85.5 Å². The molecule has 4 heterocycles. The SMILES string of the molecule is Cc1ccc(C#N)c(N2C[C@H]3OC(=O)N(CCCN4CCOCC4)[C@H]3C2)n1. The fraction of sp³-hybridized carbons (Fsp3) is 0.632. The Labute approximate surface area is 159 Å². The minimum absolute atomic E-state index is 0.0241. The lowest BCUT2D eigenvalue weighted by molar-refractivity contribution is 0.0363. The zero-order valence-electron chi connectivity index (χ0n) is 15.6. The highest BCUT2D eigenvalue weighted by molar-refractivity contribution is 5.72. The zero-order chi connectivity index (χ0) is 18.8. The number of aromatic nitrogens is 1. The maximum Gasteiger partial charge on any atom is 0.410 e. The first-order valence-electron chi connectivity index (χ1n) is 9.56. The van der Waals surface area contributed by atoms with Gasteiger partial charge in [-0.25, -0.2) is 9.78 Å². The Bertz CT molecular complexity index is 743. The van der Waals surface area contributed by atoms with Gasteiger partial charge in [0.2, 0.25) is 0 Å². The minimum atomic E-state index is -0.218. The van der Waals surface area contributed by atoms with Gasteiger partial charge >= 0.3 is 6.09 Å². The highest BCUT2D eigenvalue weighted by atomic mass is 16.6. The largest absolute Gasteiger partial charge is 0.442 e. The van der Waals surface area contributed by atoms with E-state index in [1.807, 2.05) is 17.9 Å². The molecule has 8 heteroatoms. The number of anilines is 1. The molecule has 27 heavy (non-hydrogen) atoms. The first-order chi connectivity index (χ1) is 13.2. The van der Waals surface area contributed by atoms with E-state index in [0.29, 0.717) is 31.0 Å². The average Bonchev–Trinajstić information content (AvgIpc) is 3.21. The second-order valence-corrected chi connectivity index (χ2v) is 7.33. The van der Waals surface area contributed by atoms with Crippen molar-refractivity contribution in [1.82, 2.24) is 14.8 Å². The van der Waals surface area contributed by atoms with E-state index in [9.17, 15) is 10.1 Å². The van der Waals surface area contributed by atoms with E-state index in [2.05, 4.69) is 20.9 Å². The quantitative estimate of drug-likeness (QED) is 0.763. The average molecular weight is 371 g/mol. The predicted molar refractivity (Wildman–Crippen MR) is 98.5 cm³/mol. The molecule has 1 aromatic rings. The van der Waals surface area contributed by atoms with Crippen LogP contribution in [0.1, 0.15) is 17.7 Å². The number of carbonyl (C=O) groups is 1. The summed E-state index contributed by atoms with van der Waals surface area (Å²) in [4.78, 5) is 23.1. The summed E-state index contributed by atoms with van der Waals surface area (Å²) >= 11 is 0. The van der Waals surface area contributed by atoms with Gasteiger partial charge in [0, 0.05) is 38.4 Å². The molecule has 144 valence electrons. The highest BCUT2D eigenvalue weighted by Gasteiger charge is 2.48. The Morgan fingerprint density at radius 1 is 1.26 bits per heavy atom. The van der Waals surface area contributed by atoms with Crippen LogP contribution in [0.4, 0.5) is 10.6 Å². The Balaban J connectivity index is 1.38. The molecule has 0 N–H and O–H groups in total. The third-order valence-corrected chi connectivity index (χ3v) is 5.54. The Morgan fingerprint density at radius 3 is 2.85 bits per heavy atom. The molecule has 4 rings (SSSR count). The summed E-state index contributed by atoms with van der Waals surface area (Å²) in [5.74, 6) is 0.691. The number of hydrogen-bond donors (Lipinski definition) is 0. The molecular weight excluding hydrogens is 346 g/mol. The summed E-state index contributed by atoms with van der Waals surface area (Å²) in [7, 11) is 0. The number of fused-ring (bicyclic) bond motifs is 1. The van der Waals surface area contributed by atoms with Crippen LogP contribution < -0.4 is 4.90 Å². The maximum atomic E-state index is 12.3. The van der Waals surface area contributed by atoms with Crippen molar-refractivity contribution in [2.75, 3.05) is 57.4 Å². The van der Waals surface area contributed by atoms with Crippen LogP contribution in [-0.2, 0) is 9.47 Å². The molecule has 0 unspecified atom stereocenters. The van der Waals surface area contributed by atoms with E-state index < -0.39 is 0 Å². The van der Waals surface area contributed by atoms with Crippen LogP contribution >= 0.6 is 0 Å². The fourth-order valence-corrected chi connectivity index (χ4v) is 4.10. The van der Waals surface area contributed by atoms with Gasteiger partial charge < -0.3 is 14.4 Å². The van der Waals surface area contributed by atoms with Crippen molar-refractivity contribution < 1.29 is 14.3 Å². The van der Waals surface area contributed by atoms with E-state index >= 15 is 0 Å². The summed E-state index contributed by atoms with van der Waals surface area (Å²) in [6, 6.07) is 5.89. The van der Waals surface area contributed by atoms with Crippen LogP contribution in [0.15, 0.2) is 12.1 Å². The van der Waals surface area contributed by atoms with Crippen LogP contribution in [0.3, 0.4) is 0 Å². The molecule has 0 saturated carbocycles. The normalized spacial score (nSPS) is 25.4. The van der Waals surface area contributed by atoms with Crippen molar-refractivity contribution in [2.45, 2.75) is 25.5 Å². The summed E-state index contributed by atoms with van der Waals surface area (Å²) in [6.45, 7) is 8.30. The second kappa shape index (κ2) is 7.71. The van der Waals surface area contributed by atoms with Gasteiger partial charge in [0.25, 0.3) is 0 Å². The number of amides is 1. The minimum Gasteiger partial charge on any atom is -0.442 e. The third kappa shape index (κ3) is 3.70. The molecule has 3 aliphatic rings. The molecule has 1 aromatic heterocycles. The van der Waals surface area contributed by atoms with E-state index in [0.717, 1.165) is 45.0 Å². The number of hydrogen-bond acceptors (Lipinski definition) is 7. The number of nitrogens with zero attached hydrogens (tertiary/aromatic N) is 5. The Morgan fingerprint density at radius 2 is 2.07 bits per heavy atom. The first kappa shape index (κ1) is 18.0. The van der Waals surface area contributed by atoms with Crippen LogP contribution in [0.2, 0.25) is 0 Å². The number of ether oxygens (including phenoxy) is 2. The molecular formula is C19H25N5O3. The van der Waals surface area contributed by atoms with Crippen molar-refractivity contribution in [2.24, 2.45) is 0 Å². The summed E-state index contributed by atoms with van der Waals surface area (Å²) in [5.41, 5.74) is 1.44. The highest BCUT2D eigenvalue weighted by Crippen LogP contribution is 2.31. The molecule has 0 aliphatic carbocycles. The van der Waals surface area contributed by atoms with E-state index in [4.69, 9.17) is 9.47 Å². The number of morpholine rings is 1. The van der Waals surface area contributed by atoms with Crippen molar-refractivity contribution in [1.29, 1.82) is 5.26 Å². The predicted octanol–water partition coefficient (Wildman–Crippen LogP) is 0.993. The number of pyridine rings is 1. The number of carbonyl (C=O) groups excluding carboxylic acids is 1. The fourth-order valence-electron chi connectivity index (χ4n) is 4.10. The Hall–Kier alpha value is -2.37. The van der Waals surface area contributed by atoms with Crippen molar-refractivity contribution in [3.05, 3.63) is 23.4 Å². The summed E-state index contributed by atoms with van der Waals surface area (Å²) in [6.07, 6.45) is 0.545. The van der Waals surface area contributed by atoms with Crippen molar-refractivity contribution >= 4 is 11.9 Å². The van der Waals surface area contributed by atoms with Gasteiger partial charge in [0.15, 0.2) is 0 Å². The molecule has 2 atom stereocenters. The van der Waals surface area contributed by atoms with E-state index in [-0.39, 0.29) is 18.2 Å². The van der Waals surface area contributed by atoms with Crippen LogP contribution in [0.25, 0.3) is 0 Å². The molecule has 0 spiro atoms. The molecule has 3 saturated heterocycles.